The molecule has 1 aliphatic carbocycles. The SMILES string of the molecule is NC(=O)[C@@H]1CCN(C(=O)[C@@H]2C[C@@H]2c2ccc(Cl)cc2Cl)C1. The molecular formula is C15H16Cl2N2O2. The number of nitrogens with two attached hydrogens (primary N) is 1. The molecule has 1 heterocycles. The van der Waals surface area contributed by atoms with E-state index in [0.29, 0.717) is 29.6 Å². The zero-order valence-electron chi connectivity index (χ0n) is 11.4. The lowest BCUT2D eigenvalue weighted by Gasteiger charge is -2.16. The molecule has 3 rings (SSSR count). The maximum atomic E-state index is 12.4. The first-order valence-corrected chi connectivity index (χ1v) is 7.76. The fourth-order valence-corrected chi connectivity index (χ4v) is 3.59. The first-order valence-electron chi connectivity index (χ1n) is 7.00. The highest BCUT2D eigenvalue weighted by Gasteiger charge is 2.47. The molecule has 1 aromatic rings. The van der Waals surface area contributed by atoms with E-state index < -0.39 is 0 Å². The molecule has 2 N–H and O–H groups in total. The molecule has 1 aliphatic heterocycles. The first kappa shape index (κ1) is 14.7. The molecular weight excluding hydrogens is 311 g/mol. The van der Waals surface area contributed by atoms with Crippen molar-refractivity contribution < 1.29 is 9.59 Å². The number of carbonyl (C=O) groups is 2. The number of amides is 2. The number of carbonyl (C=O) groups excluding carboxylic acids is 2. The molecule has 0 unspecified atom stereocenters. The van der Waals surface area contributed by atoms with Gasteiger partial charge in [-0.05, 0) is 36.5 Å². The summed E-state index contributed by atoms with van der Waals surface area (Å²) in [5.41, 5.74) is 6.27. The van der Waals surface area contributed by atoms with E-state index in [2.05, 4.69) is 0 Å². The summed E-state index contributed by atoms with van der Waals surface area (Å²) < 4.78 is 0. The van der Waals surface area contributed by atoms with Gasteiger partial charge in [0.15, 0.2) is 0 Å². The van der Waals surface area contributed by atoms with Gasteiger partial charge in [0.2, 0.25) is 11.8 Å². The highest BCUT2D eigenvalue weighted by atomic mass is 35.5. The van der Waals surface area contributed by atoms with Crippen LogP contribution in [0.15, 0.2) is 18.2 Å². The number of rotatable bonds is 3. The minimum absolute atomic E-state index is 0.0321. The Hall–Kier alpha value is -1.26. The molecule has 3 atom stereocenters. The highest BCUT2D eigenvalue weighted by Crippen LogP contribution is 2.51. The van der Waals surface area contributed by atoms with Gasteiger partial charge in [-0.1, -0.05) is 29.3 Å². The van der Waals surface area contributed by atoms with Gasteiger partial charge < -0.3 is 10.6 Å². The zero-order valence-corrected chi connectivity index (χ0v) is 12.9. The van der Waals surface area contributed by atoms with Crippen molar-refractivity contribution in [2.75, 3.05) is 13.1 Å². The van der Waals surface area contributed by atoms with Crippen LogP contribution in [0, 0.1) is 11.8 Å². The van der Waals surface area contributed by atoms with Crippen molar-refractivity contribution in [3.05, 3.63) is 33.8 Å². The van der Waals surface area contributed by atoms with Gasteiger partial charge in [-0.3, -0.25) is 9.59 Å². The summed E-state index contributed by atoms with van der Waals surface area (Å²) in [6, 6.07) is 5.39. The second kappa shape index (κ2) is 5.50. The molecule has 2 amide bonds. The number of halogens is 2. The Morgan fingerprint density at radius 3 is 2.67 bits per heavy atom. The van der Waals surface area contributed by atoms with Crippen LogP contribution in [0.1, 0.15) is 24.3 Å². The third kappa shape index (κ3) is 2.87. The topological polar surface area (TPSA) is 63.4 Å². The number of hydrogen-bond acceptors (Lipinski definition) is 2. The van der Waals surface area contributed by atoms with Crippen molar-refractivity contribution in [1.82, 2.24) is 4.90 Å². The minimum atomic E-state index is -0.321. The van der Waals surface area contributed by atoms with Gasteiger partial charge in [-0.15, -0.1) is 0 Å². The molecule has 112 valence electrons. The van der Waals surface area contributed by atoms with E-state index in [1.165, 1.54) is 0 Å². The molecule has 21 heavy (non-hydrogen) atoms. The largest absolute Gasteiger partial charge is 0.369 e. The number of benzene rings is 1. The van der Waals surface area contributed by atoms with Gasteiger partial charge in [-0.2, -0.15) is 0 Å². The van der Waals surface area contributed by atoms with Crippen molar-refractivity contribution in [2.45, 2.75) is 18.8 Å². The molecule has 1 aromatic carbocycles. The van der Waals surface area contributed by atoms with Crippen LogP contribution in [-0.2, 0) is 9.59 Å². The maximum absolute atomic E-state index is 12.4. The van der Waals surface area contributed by atoms with Crippen LogP contribution in [0.4, 0.5) is 0 Å². The Bertz CT molecular complexity index is 605. The summed E-state index contributed by atoms with van der Waals surface area (Å²) in [5, 5.41) is 1.20. The highest BCUT2D eigenvalue weighted by molar-refractivity contribution is 6.35. The molecule has 0 spiro atoms. The predicted molar refractivity (Wildman–Crippen MR) is 81.2 cm³/mol. The van der Waals surface area contributed by atoms with E-state index >= 15 is 0 Å². The average Bonchev–Trinajstić information content (AvgIpc) is 3.04. The van der Waals surface area contributed by atoms with Gasteiger partial charge in [0.1, 0.15) is 0 Å². The van der Waals surface area contributed by atoms with Gasteiger partial charge >= 0.3 is 0 Å². The Balaban J connectivity index is 1.65. The lowest BCUT2D eigenvalue weighted by molar-refractivity contribution is -0.131. The second-order valence-electron chi connectivity index (χ2n) is 5.79. The minimum Gasteiger partial charge on any atom is -0.369 e. The molecule has 2 aliphatic rings. The van der Waals surface area contributed by atoms with Crippen molar-refractivity contribution >= 4 is 35.0 Å². The summed E-state index contributed by atoms with van der Waals surface area (Å²) in [4.78, 5) is 25.4. The molecule has 1 saturated carbocycles. The van der Waals surface area contributed by atoms with Gasteiger partial charge in [0.05, 0.1) is 5.92 Å². The van der Waals surface area contributed by atoms with Crippen LogP contribution in [0.2, 0.25) is 10.0 Å². The van der Waals surface area contributed by atoms with Gasteiger partial charge in [-0.25, -0.2) is 0 Å². The Morgan fingerprint density at radius 1 is 1.29 bits per heavy atom. The number of nitrogens with zero attached hydrogens (tertiary/aromatic N) is 1. The third-order valence-corrected chi connectivity index (χ3v) is 4.93. The lowest BCUT2D eigenvalue weighted by atomic mass is 10.1. The summed E-state index contributed by atoms with van der Waals surface area (Å²) in [7, 11) is 0. The molecule has 1 saturated heterocycles. The molecule has 6 heteroatoms. The van der Waals surface area contributed by atoms with Crippen LogP contribution in [0.25, 0.3) is 0 Å². The van der Waals surface area contributed by atoms with Crippen LogP contribution in [-0.4, -0.2) is 29.8 Å². The fraction of sp³-hybridized carbons (Fsp3) is 0.467. The Morgan fingerprint density at radius 2 is 2.05 bits per heavy atom. The smallest absolute Gasteiger partial charge is 0.226 e. The summed E-state index contributed by atoms with van der Waals surface area (Å²) >= 11 is 12.1. The Labute approximate surface area is 133 Å². The fourth-order valence-electron chi connectivity index (χ4n) is 3.04. The molecule has 0 aromatic heterocycles. The van der Waals surface area contributed by atoms with E-state index in [-0.39, 0.29) is 29.6 Å². The van der Waals surface area contributed by atoms with Crippen LogP contribution in [0.3, 0.4) is 0 Å². The number of likely N-dealkylation sites (tertiary alicyclic amines) is 1. The normalized spacial score (nSPS) is 27.7. The van der Waals surface area contributed by atoms with E-state index in [4.69, 9.17) is 28.9 Å². The van der Waals surface area contributed by atoms with Crippen molar-refractivity contribution in [3.8, 4) is 0 Å². The van der Waals surface area contributed by atoms with Crippen LogP contribution in [0.5, 0.6) is 0 Å². The van der Waals surface area contributed by atoms with E-state index in [0.717, 1.165) is 12.0 Å². The third-order valence-electron chi connectivity index (χ3n) is 4.37. The number of hydrogen-bond donors (Lipinski definition) is 1. The predicted octanol–water partition coefficient (Wildman–Crippen LogP) is 2.43. The van der Waals surface area contributed by atoms with E-state index in [1.807, 2.05) is 6.07 Å². The van der Waals surface area contributed by atoms with Crippen molar-refractivity contribution in [2.24, 2.45) is 17.6 Å². The summed E-state index contributed by atoms with van der Waals surface area (Å²) in [6.45, 7) is 1.07. The van der Waals surface area contributed by atoms with Gasteiger partial charge in [0.25, 0.3) is 0 Å². The molecule has 2 fully saturated rings. The van der Waals surface area contributed by atoms with Crippen molar-refractivity contribution in [1.29, 1.82) is 0 Å². The standard InChI is InChI=1S/C15H16Cl2N2O2/c16-9-1-2-10(13(17)5-9)11-6-12(11)15(21)19-4-3-8(7-19)14(18)20/h1-2,5,8,11-12H,3-4,6-7H2,(H2,18,20)/t8-,11-,12-/m1/s1. The van der Waals surface area contributed by atoms with Gasteiger partial charge in [0, 0.05) is 29.1 Å². The summed E-state index contributed by atoms with van der Waals surface area (Å²) in [5.74, 6) is -0.288. The lowest BCUT2D eigenvalue weighted by Crippen LogP contribution is -2.33. The van der Waals surface area contributed by atoms with E-state index in [1.54, 1.807) is 17.0 Å². The quantitative estimate of drug-likeness (QED) is 0.927. The second-order valence-corrected chi connectivity index (χ2v) is 6.63. The van der Waals surface area contributed by atoms with E-state index in [9.17, 15) is 9.59 Å². The molecule has 0 bridgehead atoms. The molecule has 0 radical (unpaired) electrons. The Kier molecular flexibility index (Phi) is 3.84. The first-order chi connectivity index (χ1) is 9.97. The number of primary amides is 1. The zero-order chi connectivity index (χ0) is 15.1. The maximum Gasteiger partial charge on any atom is 0.226 e. The average molecular weight is 327 g/mol. The monoisotopic (exact) mass is 326 g/mol. The van der Waals surface area contributed by atoms with Crippen LogP contribution < -0.4 is 5.73 Å². The molecule has 4 nitrogen and oxygen atoms in total. The summed E-state index contributed by atoms with van der Waals surface area (Å²) in [6.07, 6.45) is 1.47. The van der Waals surface area contributed by atoms with Crippen LogP contribution >= 0.6 is 23.2 Å². The van der Waals surface area contributed by atoms with Crippen molar-refractivity contribution in [3.63, 3.8) is 0 Å².